The summed E-state index contributed by atoms with van der Waals surface area (Å²) in [5.74, 6) is 0.562. The molecule has 0 bridgehead atoms. The number of hydrogen-bond acceptors (Lipinski definition) is 7. The lowest BCUT2D eigenvalue weighted by Crippen LogP contribution is -2.36. The van der Waals surface area contributed by atoms with Gasteiger partial charge in [-0.05, 0) is 38.7 Å². The Kier molecular flexibility index (Phi) is 5.06. The summed E-state index contributed by atoms with van der Waals surface area (Å²) in [7, 11) is 5.38. The number of carbonyl (C=O) groups is 2. The number of anilines is 2. The standard InChI is InChI=1S/C24H28N8O2S/c1-5-31-16(22(33)32(13-6-7-13)14-8-9-14)10-15-19-18(26-12-30(19)4)20(27-21(15)31)28-24-25-11-17(35-24)23(34)29(2)3/h10-14H,5-9H2,1-4H3,(H,25,27,28). The van der Waals surface area contributed by atoms with E-state index in [1.54, 1.807) is 26.6 Å². The van der Waals surface area contributed by atoms with Crippen LogP contribution in [0.1, 0.15) is 52.8 Å². The molecule has 0 aromatic carbocycles. The van der Waals surface area contributed by atoms with Crippen molar-refractivity contribution in [3.8, 4) is 0 Å². The van der Waals surface area contributed by atoms with Gasteiger partial charge < -0.3 is 24.3 Å². The number of aromatic nitrogens is 5. The third-order valence-electron chi connectivity index (χ3n) is 6.70. The maximum atomic E-state index is 13.7. The van der Waals surface area contributed by atoms with Crippen LogP contribution in [0.2, 0.25) is 0 Å². The van der Waals surface area contributed by atoms with Crippen LogP contribution in [0.25, 0.3) is 22.1 Å². The van der Waals surface area contributed by atoms with Crippen LogP contribution in [0.15, 0.2) is 18.6 Å². The Morgan fingerprint density at radius 1 is 1.14 bits per heavy atom. The Balaban J connectivity index is 1.45. The molecule has 2 amide bonds. The van der Waals surface area contributed by atoms with Crippen LogP contribution in [-0.4, -0.2) is 71.9 Å². The number of imidazole rings is 1. The summed E-state index contributed by atoms with van der Waals surface area (Å²) in [5, 5.41) is 4.75. The fourth-order valence-corrected chi connectivity index (χ4v) is 5.55. The van der Waals surface area contributed by atoms with Gasteiger partial charge in [0.25, 0.3) is 11.8 Å². The van der Waals surface area contributed by atoms with Crippen molar-refractivity contribution in [1.29, 1.82) is 0 Å². The Morgan fingerprint density at radius 3 is 2.49 bits per heavy atom. The van der Waals surface area contributed by atoms with Crippen molar-refractivity contribution in [2.75, 3.05) is 19.4 Å². The van der Waals surface area contributed by atoms with Gasteiger partial charge in [-0.15, -0.1) is 0 Å². The van der Waals surface area contributed by atoms with E-state index in [0.29, 0.717) is 45.7 Å². The molecule has 182 valence electrons. The maximum Gasteiger partial charge on any atom is 0.271 e. The molecule has 2 fully saturated rings. The molecule has 4 aromatic heterocycles. The van der Waals surface area contributed by atoms with Crippen molar-refractivity contribution in [1.82, 2.24) is 33.9 Å². The van der Waals surface area contributed by atoms with Crippen molar-refractivity contribution in [3.63, 3.8) is 0 Å². The smallest absolute Gasteiger partial charge is 0.271 e. The van der Waals surface area contributed by atoms with Crippen LogP contribution in [0, 0.1) is 0 Å². The zero-order valence-electron chi connectivity index (χ0n) is 20.3. The topological polar surface area (TPSA) is 101 Å². The first-order valence-electron chi connectivity index (χ1n) is 12.0. The minimum Gasteiger partial charge on any atom is -0.344 e. The molecule has 0 aliphatic heterocycles. The Labute approximate surface area is 206 Å². The van der Waals surface area contributed by atoms with E-state index in [9.17, 15) is 9.59 Å². The molecule has 0 unspecified atom stereocenters. The molecular weight excluding hydrogens is 464 g/mol. The van der Waals surface area contributed by atoms with Gasteiger partial charge in [0, 0.05) is 45.2 Å². The minimum atomic E-state index is -0.0964. The number of carbonyl (C=O) groups excluding carboxylic acids is 2. The molecule has 0 atom stereocenters. The maximum absolute atomic E-state index is 13.7. The zero-order chi connectivity index (χ0) is 24.4. The van der Waals surface area contributed by atoms with Gasteiger partial charge >= 0.3 is 0 Å². The Bertz CT molecular complexity index is 1460. The second kappa shape index (κ2) is 8.04. The molecule has 2 saturated carbocycles. The van der Waals surface area contributed by atoms with E-state index in [1.165, 1.54) is 16.2 Å². The van der Waals surface area contributed by atoms with E-state index in [4.69, 9.17) is 4.98 Å². The van der Waals surface area contributed by atoms with Crippen LogP contribution < -0.4 is 5.32 Å². The van der Waals surface area contributed by atoms with E-state index in [-0.39, 0.29) is 11.8 Å². The number of rotatable bonds is 7. The SMILES string of the molecule is CCn1c(C(=O)N(C2CC2)C2CC2)cc2c3c(ncn3C)c(Nc3ncc(C(=O)N(C)C)s3)nc21. The average Bonchev–Trinajstić information content (AvgIpc) is 3.74. The van der Waals surface area contributed by atoms with Gasteiger partial charge in [-0.2, -0.15) is 0 Å². The summed E-state index contributed by atoms with van der Waals surface area (Å²) in [5.41, 5.74) is 3.03. The van der Waals surface area contributed by atoms with Gasteiger partial charge in [0.1, 0.15) is 21.7 Å². The number of fused-ring (bicyclic) bond motifs is 3. The average molecular weight is 493 g/mol. The first kappa shape index (κ1) is 22.0. The first-order valence-corrected chi connectivity index (χ1v) is 12.8. The Hall–Kier alpha value is -3.47. The monoisotopic (exact) mass is 492 g/mol. The van der Waals surface area contributed by atoms with Gasteiger partial charge in [-0.3, -0.25) is 9.59 Å². The molecule has 10 nitrogen and oxygen atoms in total. The lowest BCUT2D eigenvalue weighted by atomic mass is 10.2. The van der Waals surface area contributed by atoms with Crippen molar-refractivity contribution >= 4 is 56.2 Å². The Morgan fingerprint density at radius 2 is 1.86 bits per heavy atom. The molecule has 11 heteroatoms. The normalized spacial score (nSPS) is 15.7. The molecule has 4 heterocycles. The highest BCUT2D eigenvalue weighted by atomic mass is 32.1. The number of pyridine rings is 1. The van der Waals surface area contributed by atoms with Gasteiger partial charge in [0.2, 0.25) is 0 Å². The highest BCUT2D eigenvalue weighted by molar-refractivity contribution is 7.17. The minimum absolute atomic E-state index is 0.0964. The quantitative estimate of drug-likeness (QED) is 0.423. The van der Waals surface area contributed by atoms with Crippen molar-refractivity contribution in [2.24, 2.45) is 7.05 Å². The summed E-state index contributed by atoms with van der Waals surface area (Å²) in [6.07, 6.45) is 7.71. The summed E-state index contributed by atoms with van der Waals surface area (Å²) < 4.78 is 3.97. The largest absolute Gasteiger partial charge is 0.344 e. The van der Waals surface area contributed by atoms with Gasteiger partial charge in [-0.1, -0.05) is 11.3 Å². The van der Waals surface area contributed by atoms with Crippen molar-refractivity contribution in [2.45, 2.75) is 51.2 Å². The number of aryl methyl sites for hydroxylation is 2. The van der Waals surface area contributed by atoms with Gasteiger partial charge in [0.05, 0.1) is 18.0 Å². The van der Waals surface area contributed by atoms with E-state index >= 15 is 0 Å². The summed E-state index contributed by atoms with van der Waals surface area (Å²) >= 11 is 1.27. The van der Waals surface area contributed by atoms with Crippen LogP contribution in [0.5, 0.6) is 0 Å². The fourth-order valence-electron chi connectivity index (χ4n) is 4.72. The highest BCUT2D eigenvalue weighted by Crippen LogP contribution is 2.40. The number of nitrogens with one attached hydrogen (secondary N) is 1. The van der Waals surface area contributed by atoms with Gasteiger partial charge in [0.15, 0.2) is 10.9 Å². The molecule has 2 aliphatic carbocycles. The van der Waals surface area contributed by atoms with E-state index in [1.807, 2.05) is 29.2 Å². The van der Waals surface area contributed by atoms with Crippen molar-refractivity contribution < 1.29 is 9.59 Å². The summed E-state index contributed by atoms with van der Waals surface area (Å²) in [4.78, 5) is 44.1. The highest BCUT2D eigenvalue weighted by Gasteiger charge is 2.43. The third-order valence-corrected chi connectivity index (χ3v) is 7.60. The van der Waals surface area contributed by atoms with Crippen LogP contribution in [-0.2, 0) is 13.6 Å². The molecule has 0 spiro atoms. The zero-order valence-corrected chi connectivity index (χ0v) is 21.1. The predicted octanol–water partition coefficient (Wildman–Crippen LogP) is 3.61. The number of amides is 2. The molecule has 35 heavy (non-hydrogen) atoms. The predicted molar refractivity (Wildman–Crippen MR) is 135 cm³/mol. The van der Waals surface area contributed by atoms with Gasteiger partial charge in [-0.25, -0.2) is 15.0 Å². The second-order valence-corrected chi connectivity index (χ2v) is 10.6. The molecule has 1 N–H and O–H groups in total. The summed E-state index contributed by atoms with van der Waals surface area (Å²) in [6.45, 7) is 2.67. The van der Waals surface area contributed by atoms with Crippen LogP contribution in [0.3, 0.4) is 0 Å². The van der Waals surface area contributed by atoms with E-state index in [0.717, 1.165) is 42.2 Å². The first-order chi connectivity index (χ1) is 16.9. The number of hydrogen-bond donors (Lipinski definition) is 1. The fraction of sp³-hybridized carbons (Fsp3) is 0.458. The van der Waals surface area contributed by atoms with Crippen LogP contribution in [0.4, 0.5) is 10.9 Å². The lowest BCUT2D eigenvalue weighted by molar-refractivity contribution is 0.0719. The second-order valence-electron chi connectivity index (χ2n) is 9.55. The molecule has 0 saturated heterocycles. The summed E-state index contributed by atoms with van der Waals surface area (Å²) in [6, 6.07) is 2.74. The molecule has 0 radical (unpaired) electrons. The van der Waals surface area contributed by atoms with E-state index < -0.39 is 0 Å². The van der Waals surface area contributed by atoms with Crippen molar-refractivity contribution in [3.05, 3.63) is 29.2 Å². The lowest BCUT2D eigenvalue weighted by Gasteiger charge is -2.22. The molecule has 2 aliphatic rings. The molecular formula is C24H28N8O2S. The molecule has 4 aromatic rings. The number of thiazole rings is 1. The third kappa shape index (κ3) is 3.65. The van der Waals surface area contributed by atoms with E-state index in [2.05, 4.69) is 20.2 Å². The van der Waals surface area contributed by atoms with Crippen LogP contribution >= 0.6 is 11.3 Å². The molecule has 6 rings (SSSR count). The number of nitrogens with zero attached hydrogens (tertiary/aromatic N) is 7.